The molecule has 136 valence electrons. The van der Waals surface area contributed by atoms with Gasteiger partial charge in [-0.2, -0.15) is 0 Å². The van der Waals surface area contributed by atoms with Gasteiger partial charge in [-0.1, -0.05) is 5.16 Å². The zero-order chi connectivity index (χ0) is 17.2. The number of nitrogens with two attached hydrogens (primary N) is 1. The highest BCUT2D eigenvalue weighted by Crippen LogP contribution is 2.15. The molecule has 0 bridgehead atoms. The summed E-state index contributed by atoms with van der Waals surface area (Å²) in [6.07, 6.45) is 2.15. The van der Waals surface area contributed by atoms with Crippen LogP contribution >= 0.6 is 12.4 Å². The fraction of sp³-hybridized carbons (Fsp3) is 0.333. The van der Waals surface area contributed by atoms with E-state index in [1.54, 1.807) is 11.0 Å². The van der Waals surface area contributed by atoms with Gasteiger partial charge in [0.25, 0.3) is 5.91 Å². The molecule has 1 saturated heterocycles. The Labute approximate surface area is 151 Å². The van der Waals surface area contributed by atoms with Crippen molar-refractivity contribution in [2.75, 3.05) is 13.1 Å². The first-order chi connectivity index (χ1) is 11.5. The first-order valence-electron chi connectivity index (χ1n) is 7.49. The number of nitrogens with one attached hydrogen (secondary N) is 1. The van der Waals surface area contributed by atoms with Crippen molar-refractivity contribution >= 4 is 28.3 Å². The van der Waals surface area contributed by atoms with Crippen LogP contribution < -0.4 is 10.5 Å². The lowest BCUT2D eigenvalue weighted by Gasteiger charge is -2.16. The van der Waals surface area contributed by atoms with Gasteiger partial charge < -0.3 is 15.2 Å². The third-order valence-electron chi connectivity index (χ3n) is 3.86. The molecule has 1 aromatic carbocycles. The van der Waals surface area contributed by atoms with Gasteiger partial charge in [0.15, 0.2) is 0 Å². The summed E-state index contributed by atoms with van der Waals surface area (Å²) in [5, 5.41) is 3.64. The number of sulfonamides is 1. The van der Waals surface area contributed by atoms with Crippen LogP contribution in [0.1, 0.15) is 22.5 Å². The minimum Gasteiger partial charge on any atom is -0.364 e. The monoisotopic (exact) mass is 386 g/mol. The summed E-state index contributed by atoms with van der Waals surface area (Å²) in [5.74, 6) is -0.137. The molecular formula is C15H19ClN4O4S. The first kappa shape index (κ1) is 19.4. The molecule has 10 heteroatoms. The van der Waals surface area contributed by atoms with E-state index in [-0.39, 0.29) is 35.8 Å². The molecule has 0 spiro atoms. The summed E-state index contributed by atoms with van der Waals surface area (Å²) in [4.78, 5) is 14.1. The van der Waals surface area contributed by atoms with Crippen molar-refractivity contribution in [1.29, 1.82) is 0 Å². The summed E-state index contributed by atoms with van der Waals surface area (Å²) >= 11 is 0. The third kappa shape index (κ3) is 4.57. The molecule has 3 rings (SSSR count). The Morgan fingerprint density at radius 1 is 1.32 bits per heavy atom. The van der Waals surface area contributed by atoms with Gasteiger partial charge in [0.1, 0.15) is 6.26 Å². The largest absolute Gasteiger partial charge is 0.364 e. The number of aromatic nitrogens is 1. The molecule has 2 aromatic rings. The van der Waals surface area contributed by atoms with E-state index in [0.29, 0.717) is 24.3 Å². The van der Waals surface area contributed by atoms with Crippen molar-refractivity contribution in [1.82, 2.24) is 14.8 Å². The van der Waals surface area contributed by atoms with E-state index >= 15 is 0 Å². The zero-order valence-corrected chi connectivity index (χ0v) is 14.9. The van der Waals surface area contributed by atoms with Crippen LogP contribution in [0.25, 0.3) is 0 Å². The molecule has 3 N–H and O–H groups in total. The Morgan fingerprint density at radius 3 is 2.60 bits per heavy atom. The van der Waals surface area contributed by atoms with Crippen LogP contribution in [0.5, 0.6) is 0 Å². The second kappa shape index (κ2) is 7.96. The Morgan fingerprint density at radius 2 is 2.04 bits per heavy atom. The van der Waals surface area contributed by atoms with Crippen molar-refractivity contribution < 1.29 is 17.7 Å². The van der Waals surface area contributed by atoms with Crippen molar-refractivity contribution in [3.63, 3.8) is 0 Å². The molecule has 1 aliphatic rings. The zero-order valence-electron chi connectivity index (χ0n) is 13.3. The molecule has 0 saturated carbocycles. The van der Waals surface area contributed by atoms with E-state index in [0.717, 1.165) is 6.42 Å². The van der Waals surface area contributed by atoms with Gasteiger partial charge in [-0.15, -0.1) is 12.4 Å². The number of hydrogen-bond acceptors (Lipinski definition) is 6. The Balaban J connectivity index is 0.00000225. The van der Waals surface area contributed by atoms with Crippen LogP contribution in [0.4, 0.5) is 0 Å². The number of likely N-dealkylation sites (tertiary alicyclic amines) is 1. The van der Waals surface area contributed by atoms with Crippen molar-refractivity contribution in [3.05, 3.63) is 47.9 Å². The molecule has 2 heterocycles. The molecule has 1 fully saturated rings. The summed E-state index contributed by atoms with van der Waals surface area (Å²) in [7, 11) is -3.68. The van der Waals surface area contributed by atoms with E-state index < -0.39 is 10.0 Å². The molecule has 8 nitrogen and oxygen atoms in total. The lowest BCUT2D eigenvalue weighted by atomic mass is 10.2. The number of amides is 1. The van der Waals surface area contributed by atoms with Crippen LogP contribution in [-0.4, -0.2) is 43.5 Å². The molecule has 1 atom stereocenters. The summed E-state index contributed by atoms with van der Waals surface area (Å²) in [6, 6.07) is 7.43. The Kier molecular flexibility index (Phi) is 6.17. The second-order valence-corrected chi connectivity index (χ2v) is 7.41. The lowest BCUT2D eigenvalue weighted by molar-refractivity contribution is 0.0791. The van der Waals surface area contributed by atoms with Crippen molar-refractivity contribution in [3.8, 4) is 0 Å². The molecule has 25 heavy (non-hydrogen) atoms. The fourth-order valence-electron chi connectivity index (χ4n) is 2.51. The van der Waals surface area contributed by atoms with Crippen LogP contribution in [0.15, 0.2) is 46.0 Å². The number of halogens is 1. The van der Waals surface area contributed by atoms with Gasteiger partial charge in [0.05, 0.1) is 17.1 Å². The fourth-order valence-corrected chi connectivity index (χ4v) is 3.51. The van der Waals surface area contributed by atoms with Crippen LogP contribution in [0.2, 0.25) is 0 Å². The van der Waals surface area contributed by atoms with Crippen LogP contribution in [0, 0.1) is 0 Å². The van der Waals surface area contributed by atoms with Gasteiger partial charge >= 0.3 is 0 Å². The van der Waals surface area contributed by atoms with E-state index in [4.69, 9.17) is 5.73 Å². The van der Waals surface area contributed by atoms with Gasteiger partial charge in [0, 0.05) is 30.8 Å². The highest BCUT2D eigenvalue weighted by atomic mass is 35.5. The standard InChI is InChI=1S/C15H18N4O4S.ClH/c16-12-5-7-19(10-12)15(20)11-1-3-14(4-2-11)24(21,22)17-9-13-6-8-23-18-13;/h1-4,6,8,12,17H,5,7,9-10,16H2;1H. The van der Waals surface area contributed by atoms with Crippen molar-refractivity contribution in [2.24, 2.45) is 5.73 Å². The Bertz CT molecular complexity index is 809. The summed E-state index contributed by atoms with van der Waals surface area (Å²) < 4.78 is 31.5. The predicted octanol–water partition coefficient (Wildman–Crippen LogP) is 0.748. The van der Waals surface area contributed by atoms with E-state index in [1.165, 1.54) is 30.5 Å². The molecule has 0 radical (unpaired) electrons. The SMILES string of the molecule is Cl.NC1CCN(C(=O)c2ccc(S(=O)(=O)NCc3ccon3)cc2)C1. The maximum absolute atomic E-state index is 12.3. The maximum atomic E-state index is 12.3. The second-order valence-electron chi connectivity index (χ2n) is 5.64. The van der Waals surface area contributed by atoms with Crippen LogP contribution in [0.3, 0.4) is 0 Å². The average molecular weight is 387 g/mol. The summed E-state index contributed by atoms with van der Waals surface area (Å²) in [5.41, 5.74) is 6.73. The van der Waals surface area contributed by atoms with E-state index in [1.807, 2.05) is 0 Å². The topological polar surface area (TPSA) is 119 Å². The number of benzene rings is 1. The number of nitrogens with zero attached hydrogens (tertiary/aromatic N) is 2. The Hall–Kier alpha value is -1.94. The molecule has 1 unspecified atom stereocenters. The smallest absolute Gasteiger partial charge is 0.253 e. The maximum Gasteiger partial charge on any atom is 0.253 e. The number of rotatable bonds is 5. The highest BCUT2D eigenvalue weighted by molar-refractivity contribution is 7.89. The lowest BCUT2D eigenvalue weighted by Crippen LogP contribution is -2.31. The molecule has 1 aliphatic heterocycles. The average Bonchev–Trinajstić information content (AvgIpc) is 3.24. The van der Waals surface area contributed by atoms with Gasteiger partial charge in [-0.3, -0.25) is 4.79 Å². The van der Waals surface area contributed by atoms with E-state index in [2.05, 4.69) is 14.4 Å². The highest BCUT2D eigenvalue weighted by Gasteiger charge is 2.25. The molecular weight excluding hydrogens is 368 g/mol. The van der Waals surface area contributed by atoms with Gasteiger partial charge in [-0.05, 0) is 30.7 Å². The van der Waals surface area contributed by atoms with Crippen LogP contribution in [-0.2, 0) is 16.6 Å². The normalized spacial score (nSPS) is 17.3. The number of carbonyl (C=O) groups is 1. The molecule has 1 amide bonds. The third-order valence-corrected chi connectivity index (χ3v) is 5.28. The molecule has 1 aromatic heterocycles. The summed E-state index contributed by atoms with van der Waals surface area (Å²) in [6.45, 7) is 1.18. The van der Waals surface area contributed by atoms with E-state index in [9.17, 15) is 13.2 Å². The quantitative estimate of drug-likeness (QED) is 0.782. The minimum atomic E-state index is -3.68. The first-order valence-corrected chi connectivity index (χ1v) is 8.98. The predicted molar refractivity (Wildman–Crippen MR) is 92.7 cm³/mol. The number of hydrogen-bond donors (Lipinski definition) is 2. The number of carbonyl (C=O) groups excluding carboxylic acids is 1. The minimum absolute atomic E-state index is 0. The molecule has 0 aliphatic carbocycles. The van der Waals surface area contributed by atoms with Gasteiger partial charge in [-0.25, -0.2) is 13.1 Å². The van der Waals surface area contributed by atoms with Crippen molar-refractivity contribution in [2.45, 2.75) is 23.9 Å². The van der Waals surface area contributed by atoms with Gasteiger partial charge in [0.2, 0.25) is 10.0 Å².